The van der Waals surface area contributed by atoms with Gasteiger partial charge in [0.05, 0.1) is 16.7 Å². The quantitative estimate of drug-likeness (QED) is 0.106. The number of aliphatic hydroxyl groups excluding tert-OH is 4. The summed E-state index contributed by atoms with van der Waals surface area (Å²) in [6.45, 7) is 5.61. The minimum absolute atomic E-state index is 0.188. The summed E-state index contributed by atoms with van der Waals surface area (Å²) >= 11 is 0. The first-order valence-electron chi connectivity index (χ1n) is 17.3. The molecule has 0 spiro atoms. The Kier molecular flexibility index (Phi) is 13.9. The van der Waals surface area contributed by atoms with E-state index >= 15 is 0 Å². The molecule has 0 amide bonds. The standard InChI is InChI=1S/C38H46O14Si/c1-53(2,3)20-19-46-38-33(51-36(45)25-17-11-6-12-18-25)31(42)32(27(50-38)22-48-35(44)24-15-9-5-10-16-24)52-37-30(41)29(40)28(39)26(49-37)21-47-34(43)23-13-7-4-8-14-23/h4-18,26-33,37-42H,19-22H2,1-3H3/t26-,27-,28+,29+,30-,31+,32-,33-,37+,38-/m1/s1. The van der Waals surface area contributed by atoms with Gasteiger partial charge in [0, 0.05) is 14.7 Å². The maximum atomic E-state index is 13.3. The number of aliphatic hydroxyl groups is 4. The summed E-state index contributed by atoms with van der Waals surface area (Å²) in [5.41, 5.74) is 0.669. The van der Waals surface area contributed by atoms with Gasteiger partial charge in [0.25, 0.3) is 0 Å². The highest BCUT2D eigenvalue weighted by molar-refractivity contribution is 6.76. The van der Waals surface area contributed by atoms with Crippen LogP contribution in [0.4, 0.5) is 0 Å². The number of hydrogen-bond donors (Lipinski definition) is 4. The molecular weight excluding hydrogens is 708 g/mol. The highest BCUT2D eigenvalue weighted by Crippen LogP contribution is 2.32. The summed E-state index contributed by atoms with van der Waals surface area (Å²) in [6.07, 6.45) is -16.0. The van der Waals surface area contributed by atoms with Crippen molar-refractivity contribution in [1.82, 2.24) is 0 Å². The van der Waals surface area contributed by atoms with Crippen molar-refractivity contribution < 1.29 is 68.0 Å². The predicted octanol–water partition coefficient (Wildman–Crippen LogP) is 2.56. The Morgan fingerprint density at radius 1 is 0.585 bits per heavy atom. The van der Waals surface area contributed by atoms with Crippen LogP contribution < -0.4 is 0 Å². The van der Waals surface area contributed by atoms with Gasteiger partial charge in [-0.2, -0.15) is 0 Å². The van der Waals surface area contributed by atoms with E-state index in [0.717, 1.165) is 0 Å². The van der Waals surface area contributed by atoms with Crippen molar-refractivity contribution in [3.63, 3.8) is 0 Å². The Bertz CT molecular complexity index is 1620. The number of benzene rings is 3. The average molecular weight is 755 g/mol. The SMILES string of the molecule is C[Si](C)(C)CCO[C@@H]1O[C@H](COC(=O)c2ccccc2)[C@@H](O[C@@H]2O[C@H](COC(=O)c3ccccc3)[C@H](O)[C@H](O)[C@H]2O)[C@H](O)[C@H]1OC(=O)c1ccccc1. The van der Waals surface area contributed by atoms with Crippen molar-refractivity contribution in [2.24, 2.45) is 0 Å². The normalized spacial score (nSPS) is 28.8. The van der Waals surface area contributed by atoms with Crippen molar-refractivity contribution >= 4 is 26.0 Å². The molecule has 4 N–H and O–H groups in total. The maximum absolute atomic E-state index is 13.3. The lowest BCUT2D eigenvalue weighted by Gasteiger charge is -2.46. The molecule has 14 nitrogen and oxygen atoms in total. The van der Waals surface area contributed by atoms with Gasteiger partial charge in [-0.25, -0.2) is 14.4 Å². The van der Waals surface area contributed by atoms with Gasteiger partial charge in [-0.05, 0) is 42.4 Å². The number of esters is 3. The molecule has 15 heteroatoms. The van der Waals surface area contributed by atoms with Crippen LogP contribution in [0.1, 0.15) is 31.1 Å². The fourth-order valence-electron chi connectivity index (χ4n) is 5.66. The van der Waals surface area contributed by atoms with E-state index in [-0.39, 0.29) is 23.3 Å². The van der Waals surface area contributed by atoms with E-state index in [0.29, 0.717) is 6.04 Å². The Morgan fingerprint density at radius 3 is 1.57 bits per heavy atom. The molecule has 286 valence electrons. The smallest absolute Gasteiger partial charge is 0.338 e. The van der Waals surface area contributed by atoms with Gasteiger partial charge < -0.3 is 53.6 Å². The number of carbonyl (C=O) groups is 3. The van der Waals surface area contributed by atoms with Gasteiger partial charge >= 0.3 is 17.9 Å². The Hall–Kier alpha value is -4.03. The van der Waals surface area contributed by atoms with Crippen LogP contribution in [0.25, 0.3) is 0 Å². The van der Waals surface area contributed by atoms with Gasteiger partial charge in [0.1, 0.15) is 55.9 Å². The summed E-state index contributed by atoms with van der Waals surface area (Å²) < 4.78 is 40.8. The lowest BCUT2D eigenvalue weighted by molar-refractivity contribution is -0.358. The lowest BCUT2D eigenvalue weighted by atomic mass is 9.96. The topological polar surface area (TPSA) is 197 Å². The van der Waals surface area contributed by atoms with E-state index in [1.54, 1.807) is 66.7 Å². The van der Waals surface area contributed by atoms with Gasteiger partial charge in [-0.15, -0.1) is 0 Å². The molecule has 5 rings (SSSR count). The van der Waals surface area contributed by atoms with E-state index in [4.69, 9.17) is 33.2 Å². The van der Waals surface area contributed by atoms with E-state index in [1.807, 2.05) is 0 Å². The van der Waals surface area contributed by atoms with Crippen LogP contribution in [-0.4, -0.2) is 128 Å². The molecule has 2 saturated heterocycles. The molecule has 2 aliphatic rings. The Balaban J connectivity index is 1.39. The zero-order chi connectivity index (χ0) is 38.1. The molecule has 10 atom stereocenters. The maximum Gasteiger partial charge on any atom is 0.338 e. The summed E-state index contributed by atoms with van der Waals surface area (Å²) in [7, 11) is -1.62. The largest absolute Gasteiger partial charge is 0.459 e. The molecule has 0 radical (unpaired) electrons. The highest BCUT2D eigenvalue weighted by atomic mass is 28.3. The second-order valence-electron chi connectivity index (χ2n) is 14.0. The van der Waals surface area contributed by atoms with Crippen molar-refractivity contribution in [2.45, 2.75) is 87.1 Å². The summed E-state index contributed by atoms with van der Waals surface area (Å²) in [6, 6.07) is 25.0. The van der Waals surface area contributed by atoms with Gasteiger partial charge in [0.2, 0.25) is 0 Å². The van der Waals surface area contributed by atoms with Gasteiger partial charge in [-0.1, -0.05) is 74.2 Å². The third kappa shape index (κ3) is 10.8. The lowest BCUT2D eigenvalue weighted by Crippen LogP contribution is -2.65. The van der Waals surface area contributed by atoms with Crippen LogP contribution in [0.2, 0.25) is 25.7 Å². The number of rotatable bonds is 14. The van der Waals surface area contributed by atoms with Crippen molar-refractivity contribution in [3.05, 3.63) is 108 Å². The molecule has 0 aromatic heterocycles. The molecule has 2 heterocycles. The molecule has 3 aromatic rings. The molecule has 2 fully saturated rings. The first kappa shape index (κ1) is 40.2. The van der Waals surface area contributed by atoms with Gasteiger partial charge in [-0.3, -0.25) is 0 Å². The number of carbonyl (C=O) groups excluding carboxylic acids is 3. The summed E-state index contributed by atoms with van der Waals surface area (Å²) in [4.78, 5) is 38.8. The number of hydrogen-bond acceptors (Lipinski definition) is 14. The molecule has 0 bridgehead atoms. The van der Waals surface area contributed by atoms with Crippen LogP contribution >= 0.6 is 0 Å². The zero-order valence-corrected chi connectivity index (χ0v) is 30.6. The first-order chi connectivity index (χ1) is 25.3. The van der Waals surface area contributed by atoms with Crippen LogP contribution in [0.15, 0.2) is 91.0 Å². The average Bonchev–Trinajstić information content (AvgIpc) is 3.16. The third-order valence-electron chi connectivity index (χ3n) is 8.74. The fraction of sp³-hybridized carbons (Fsp3) is 0.447. The number of ether oxygens (including phenoxy) is 7. The van der Waals surface area contributed by atoms with E-state index in [2.05, 4.69) is 19.6 Å². The minimum Gasteiger partial charge on any atom is -0.459 e. The molecule has 53 heavy (non-hydrogen) atoms. The predicted molar refractivity (Wildman–Crippen MR) is 189 cm³/mol. The minimum atomic E-state index is -1.87. The molecule has 2 aliphatic heterocycles. The molecular formula is C38H46O14Si. The van der Waals surface area contributed by atoms with Crippen molar-refractivity contribution in [2.75, 3.05) is 19.8 Å². The van der Waals surface area contributed by atoms with E-state index in [9.17, 15) is 34.8 Å². The second kappa shape index (κ2) is 18.3. The third-order valence-corrected chi connectivity index (χ3v) is 10.4. The summed E-state index contributed by atoms with van der Waals surface area (Å²) in [5.74, 6) is -2.22. The zero-order valence-electron chi connectivity index (χ0n) is 29.6. The van der Waals surface area contributed by atoms with Crippen molar-refractivity contribution in [3.8, 4) is 0 Å². The molecule has 0 saturated carbocycles. The Morgan fingerprint density at radius 2 is 1.06 bits per heavy atom. The van der Waals surface area contributed by atoms with E-state index < -0.39 is 101 Å². The molecule has 3 aromatic carbocycles. The van der Waals surface area contributed by atoms with Crippen LogP contribution in [0, 0.1) is 0 Å². The Labute approximate surface area is 308 Å². The van der Waals surface area contributed by atoms with E-state index in [1.165, 1.54) is 24.3 Å². The monoisotopic (exact) mass is 754 g/mol. The van der Waals surface area contributed by atoms with Crippen LogP contribution in [0.3, 0.4) is 0 Å². The highest BCUT2D eigenvalue weighted by Gasteiger charge is 2.53. The summed E-state index contributed by atoms with van der Waals surface area (Å²) in [5, 5.41) is 44.4. The van der Waals surface area contributed by atoms with Crippen LogP contribution in [0.5, 0.6) is 0 Å². The fourth-order valence-corrected chi connectivity index (χ4v) is 6.39. The van der Waals surface area contributed by atoms with Crippen molar-refractivity contribution in [1.29, 1.82) is 0 Å². The molecule has 0 unspecified atom stereocenters. The van der Waals surface area contributed by atoms with Gasteiger partial charge in [0.15, 0.2) is 18.7 Å². The molecule has 0 aliphatic carbocycles. The van der Waals surface area contributed by atoms with Crippen LogP contribution in [-0.2, 0) is 33.2 Å². The first-order valence-corrected chi connectivity index (χ1v) is 21.0. The second-order valence-corrected chi connectivity index (χ2v) is 19.6.